The molecule has 0 spiro atoms. The number of rotatable bonds is 4. The first kappa shape index (κ1) is 8.31. The summed E-state index contributed by atoms with van der Waals surface area (Å²) in [6.45, 7) is 4.94. The Bertz CT molecular complexity index is 105. The smallest absolute Gasteiger partial charge is 0.0260 e. The van der Waals surface area contributed by atoms with E-state index in [1.807, 2.05) is 0 Å². The van der Waals surface area contributed by atoms with Gasteiger partial charge < -0.3 is 0 Å². The largest absolute Gasteiger partial charge is 0.0940 e. The van der Waals surface area contributed by atoms with Crippen LogP contribution < -0.4 is 0 Å². The van der Waals surface area contributed by atoms with Crippen molar-refractivity contribution in [2.75, 3.05) is 6.54 Å². The van der Waals surface area contributed by atoms with Crippen LogP contribution in [0.15, 0.2) is 5.11 Å². The summed E-state index contributed by atoms with van der Waals surface area (Å²) in [6, 6.07) is 0. The van der Waals surface area contributed by atoms with Crippen LogP contribution >= 0.6 is 0 Å². The second-order valence-electron chi connectivity index (χ2n) is 2.26. The first-order valence-electron chi connectivity index (χ1n) is 3.32. The van der Waals surface area contributed by atoms with Gasteiger partial charge in [-0.1, -0.05) is 25.4 Å². The van der Waals surface area contributed by atoms with E-state index in [0.29, 0.717) is 12.5 Å². The van der Waals surface area contributed by atoms with E-state index in [1.54, 1.807) is 0 Å². The maximum Gasteiger partial charge on any atom is 0.0260 e. The summed E-state index contributed by atoms with van der Waals surface area (Å²) in [5, 5.41) is 3.44. The predicted molar refractivity (Wildman–Crippen MR) is 38.1 cm³/mol. The number of hydrogen-bond acceptors (Lipinski definition) is 1. The van der Waals surface area contributed by atoms with E-state index >= 15 is 0 Å². The Morgan fingerprint density at radius 2 is 2.33 bits per heavy atom. The molecule has 0 unspecified atom stereocenters. The molecule has 0 radical (unpaired) electrons. The second-order valence-corrected chi connectivity index (χ2v) is 2.26. The van der Waals surface area contributed by atoms with Crippen molar-refractivity contribution < 1.29 is 0 Å². The molecule has 9 heavy (non-hydrogen) atoms. The highest BCUT2D eigenvalue weighted by Gasteiger charge is 1.94. The molecule has 0 aliphatic rings. The van der Waals surface area contributed by atoms with Crippen LogP contribution in [0.1, 0.15) is 26.7 Å². The Balaban J connectivity index is 3.16. The molecule has 0 N–H and O–H groups in total. The van der Waals surface area contributed by atoms with E-state index in [1.165, 1.54) is 6.42 Å². The van der Waals surface area contributed by atoms with E-state index < -0.39 is 0 Å². The molecule has 3 nitrogen and oxygen atoms in total. The van der Waals surface area contributed by atoms with Crippen LogP contribution in [0.3, 0.4) is 0 Å². The van der Waals surface area contributed by atoms with E-state index in [9.17, 15) is 0 Å². The van der Waals surface area contributed by atoms with Crippen LogP contribution in [0.2, 0.25) is 0 Å². The van der Waals surface area contributed by atoms with E-state index in [0.717, 1.165) is 6.42 Å². The molecule has 0 rings (SSSR count). The molecular formula is C6H13N3. The fourth-order valence-corrected chi connectivity index (χ4v) is 0.527. The first-order valence-corrected chi connectivity index (χ1v) is 3.32. The van der Waals surface area contributed by atoms with Crippen LogP contribution in [0.4, 0.5) is 0 Å². The van der Waals surface area contributed by atoms with Gasteiger partial charge in [0.15, 0.2) is 0 Å². The van der Waals surface area contributed by atoms with Gasteiger partial charge in [0.25, 0.3) is 0 Å². The summed E-state index contributed by atoms with van der Waals surface area (Å²) in [4.78, 5) is 2.67. The predicted octanol–water partition coefficient (Wildman–Crippen LogP) is 2.73. The minimum absolute atomic E-state index is 0.644. The Kier molecular flexibility index (Phi) is 5.03. The summed E-state index contributed by atoms with van der Waals surface area (Å²) in [7, 11) is 0. The highest BCUT2D eigenvalue weighted by atomic mass is 15.1. The van der Waals surface area contributed by atoms with Crippen LogP contribution in [0.25, 0.3) is 10.4 Å². The van der Waals surface area contributed by atoms with Crippen LogP contribution in [-0.4, -0.2) is 6.54 Å². The van der Waals surface area contributed by atoms with Gasteiger partial charge in [-0.2, -0.15) is 0 Å². The fraction of sp³-hybridized carbons (Fsp3) is 1.00. The van der Waals surface area contributed by atoms with Crippen LogP contribution in [0, 0.1) is 5.92 Å². The summed E-state index contributed by atoms with van der Waals surface area (Å²) in [5.74, 6) is 0.690. The normalized spacial score (nSPS) is 12.2. The van der Waals surface area contributed by atoms with Crippen molar-refractivity contribution in [3.63, 3.8) is 0 Å². The average Bonchev–Trinajstić information content (AvgIpc) is 1.89. The molecular weight excluding hydrogens is 114 g/mol. The third-order valence-electron chi connectivity index (χ3n) is 1.48. The summed E-state index contributed by atoms with van der Waals surface area (Å²) in [5.41, 5.74) is 7.91. The molecule has 0 saturated carbocycles. The Morgan fingerprint density at radius 1 is 1.67 bits per heavy atom. The molecule has 0 bridgehead atoms. The summed E-state index contributed by atoms with van der Waals surface area (Å²) in [6.07, 6.45) is 2.18. The van der Waals surface area contributed by atoms with Crippen molar-refractivity contribution in [2.45, 2.75) is 26.7 Å². The highest BCUT2D eigenvalue weighted by Crippen LogP contribution is 2.05. The second kappa shape index (κ2) is 5.45. The molecule has 1 atom stereocenters. The van der Waals surface area contributed by atoms with Gasteiger partial charge in [0.2, 0.25) is 0 Å². The quantitative estimate of drug-likeness (QED) is 0.317. The fourth-order valence-electron chi connectivity index (χ4n) is 0.527. The monoisotopic (exact) mass is 127 g/mol. The molecule has 0 fully saturated rings. The van der Waals surface area contributed by atoms with E-state index in [4.69, 9.17) is 5.53 Å². The molecule has 0 aromatic heterocycles. The Morgan fingerprint density at radius 3 is 2.78 bits per heavy atom. The minimum atomic E-state index is 0.644. The molecule has 3 heteroatoms. The highest BCUT2D eigenvalue weighted by molar-refractivity contribution is 4.53. The van der Waals surface area contributed by atoms with Gasteiger partial charge in [-0.15, -0.1) is 0 Å². The zero-order valence-electron chi connectivity index (χ0n) is 6.04. The molecule has 0 aromatic rings. The summed E-state index contributed by atoms with van der Waals surface area (Å²) >= 11 is 0. The molecule has 0 amide bonds. The van der Waals surface area contributed by atoms with Gasteiger partial charge in [-0.3, -0.25) is 0 Å². The lowest BCUT2D eigenvalue weighted by Crippen LogP contribution is -1.93. The minimum Gasteiger partial charge on any atom is -0.0940 e. The van der Waals surface area contributed by atoms with Gasteiger partial charge in [0.05, 0.1) is 0 Å². The Labute approximate surface area is 55.7 Å². The zero-order chi connectivity index (χ0) is 7.11. The number of azide groups is 1. The zero-order valence-corrected chi connectivity index (χ0v) is 6.04. The van der Waals surface area contributed by atoms with Crippen molar-refractivity contribution >= 4 is 0 Å². The third kappa shape index (κ3) is 5.18. The molecule has 0 aliphatic heterocycles. The molecule has 0 heterocycles. The van der Waals surface area contributed by atoms with Gasteiger partial charge in [-0.05, 0) is 17.9 Å². The molecule has 0 aromatic carbocycles. The topological polar surface area (TPSA) is 48.8 Å². The lowest BCUT2D eigenvalue weighted by Gasteiger charge is -2.02. The first-order chi connectivity index (χ1) is 4.31. The van der Waals surface area contributed by atoms with Gasteiger partial charge >= 0.3 is 0 Å². The van der Waals surface area contributed by atoms with E-state index in [2.05, 4.69) is 23.9 Å². The van der Waals surface area contributed by atoms with Crippen molar-refractivity contribution in [2.24, 2.45) is 11.0 Å². The van der Waals surface area contributed by atoms with Crippen LogP contribution in [-0.2, 0) is 0 Å². The number of nitrogens with zero attached hydrogens (tertiary/aromatic N) is 3. The van der Waals surface area contributed by atoms with Gasteiger partial charge in [0.1, 0.15) is 0 Å². The lowest BCUT2D eigenvalue weighted by molar-refractivity contribution is 0.524. The molecule has 0 saturated heterocycles. The van der Waals surface area contributed by atoms with Gasteiger partial charge in [-0.25, -0.2) is 0 Å². The SMILES string of the molecule is CC[C@H](C)CCN=[N+]=[N-]. The number of hydrogen-bond donors (Lipinski definition) is 0. The third-order valence-corrected chi connectivity index (χ3v) is 1.48. The van der Waals surface area contributed by atoms with Crippen LogP contribution in [0.5, 0.6) is 0 Å². The Hall–Kier alpha value is -0.690. The van der Waals surface area contributed by atoms with E-state index in [-0.39, 0.29) is 0 Å². The maximum atomic E-state index is 7.91. The van der Waals surface area contributed by atoms with Crippen molar-refractivity contribution in [1.29, 1.82) is 0 Å². The van der Waals surface area contributed by atoms with Crippen molar-refractivity contribution in [1.82, 2.24) is 0 Å². The lowest BCUT2D eigenvalue weighted by atomic mass is 10.1. The van der Waals surface area contributed by atoms with Gasteiger partial charge in [0, 0.05) is 11.5 Å². The standard InChI is InChI=1S/C6H13N3/c1-3-6(2)4-5-8-9-7/h6H,3-5H2,1-2H3/t6-/m0/s1. The van der Waals surface area contributed by atoms with Crippen molar-refractivity contribution in [3.8, 4) is 0 Å². The maximum absolute atomic E-state index is 7.91. The average molecular weight is 127 g/mol. The molecule has 52 valence electrons. The molecule has 0 aliphatic carbocycles. The summed E-state index contributed by atoms with van der Waals surface area (Å²) < 4.78 is 0. The van der Waals surface area contributed by atoms with Crippen molar-refractivity contribution in [3.05, 3.63) is 10.4 Å².